The monoisotopic (exact) mass is 193 g/mol. The molecule has 4 nitrogen and oxygen atoms in total. The minimum atomic E-state index is -0.238. The Morgan fingerprint density at radius 1 is 1.43 bits per heavy atom. The second kappa shape index (κ2) is 3.21. The van der Waals surface area contributed by atoms with Crippen LogP contribution in [0.4, 0.5) is 5.69 Å². The second-order valence-electron chi connectivity index (χ2n) is 3.14. The molecule has 1 aromatic rings. The van der Waals surface area contributed by atoms with Gasteiger partial charge in [0.05, 0.1) is 13.5 Å². The van der Waals surface area contributed by atoms with E-state index in [9.17, 15) is 4.79 Å². The zero-order valence-electron chi connectivity index (χ0n) is 7.87. The maximum absolute atomic E-state index is 11.1. The zero-order chi connectivity index (χ0) is 10.1. The van der Waals surface area contributed by atoms with Crippen molar-refractivity contribution in [3.63, 3.8) is 0 Å². The number of aryl methyl sites for hydroxylation is 1. The lowest BCUT2D eigenvalue weighted by Gasteiger charge is -2.18. The number of ether oxygens (including phenoxy) is 2. The number of hydrogen-bond donors (Lipinski definition) is 1. The maximum Gasteiger partial charge on any atom is 0.311 e. The van der Waals surface area contributed by atoms with Crippen LogP contribution in [0.5, 0.6) is 11.5 Å². The summed E-state index contributed by atoms with van der Waals surface area (Å²) in [5.41, 5.74) is 7.14. The molecule has 1 aliphatic heterocycles. The van der Waals surface area contributed by atoms with Gasteiger partial charge in [0.15, 0.2) is 5.75 Å². The number of nitrogen functional groups attached to an aromatic ring is 1. The van der Waals surface area contributed by atoms with Gasteiger partial charge in [0.1, 0.15) is 11.4 Å². The molecular formula is C10H11NO3. The molecule has 1 aromatic carbocycles. The van der Waals surface area contributed by atoms with Crippen LogP contribution in [0, 0.1) is 0 Å². The first-order valence-corrected chi connectivity index (χ1v) is 4.38. The summed E-state index contributed by atoms with van der Waals surface area (Å²) in [5, 5.41) is 0. The van der Waals surface area contributed by atoms with Crippen molar-refractivity contribution in [1.82, 2.24) is 0 Å². The van der Waals surface area contributed by atoms with Crippen molar-refractivity contribution in [3.05, 3.63) is 17.7 Å². The summed E-state index contributed by atoms with van der Waals surface area (Å²) >= 11 is 0. The van der Waals surface area contributed by atoms with E-state index in [0.29, 0.717) is 30.0 Å². The van der Waals surface area contributed by atoms with Gasteiger partial charge in [-0.15, -0.1) is 0 Å². The molecule has 0 saturated heterocycles. The Morgan fingerprint density at radius 2 is 2.21 bits per heavy atom. The number of hydrogen-bond acceptors (Lipinski definition) is 4. The Balaban J connectivity index is 2.50. The van der Waals surface area contributed by atoms with Crippen molar-refractivity contribution in [1.29, 1.82) is 0 Å². The maximum atomic E-state index is 11.1. The Kier molecular flexibility index (Phi) is 2.04. The molecule has 74 valence electrons. The number of anilines is 1. The van der Waals surface area contributed by atoms with Crippen LogP contribution >= 0.6 is 0 Å². The van der Waals surface area contributed by atoms with E-state index in [1.807, 2.05) is 6.07 Å². The van der Waals surface area contributed by atoms with Gasteiger partial charge in [0.25, 0.3) is 0 Å². The molecule has 4 heteroatoms. The first-order chi connectivity index (χ1) is 6.72. The average Bonchev–Trinajstić information content (AvgIpc) is 2.20. The van der Waals surface area contributed by atoms with Crippen molar-refractivity contribution in [2.24, 2.45) is 0 Å². The van der Waals surface area contributed by atoms with E-state index in [2.05, 4.69) is 0 Å². The summed E-state index contributed by atoms with van der Waals surface area (Å²) in [4.78, 5) is 11.1. The van der Waals surface area contributed by atoms with Gasteiger partial charge in [0.2, 0.25) is 0 Å². The second-order valence-corrected chi connectivity index (χ2v) is 3.14. The number of rotatable bonds is 1. The standard InChI is InChI=1S/C10H11NO3/c1-13-7-4-2-6-3-5-8(12)14-10(6)9(7)11/h2,4H,3,5,11H2,1H3. The van der Waals surface area contributed by atoms with Gasteiger partial charge in [-0.3, -0.25) is 4.79 Å². The molecule has 0 atom stereocenters. The Hall–Kier alpha value is -1.71. The summed E-state index contributed by atoms with van der Waals surface area (Å²) in [5.74, 6) is 0.761. The molecule has 1 heterocycles. The molecule has 0 aromatic heterocycles. The SMILES string of the molecule is COc1ccc2c(c1N)OC(=O)CC2. The fraction of sp³-hybridized carbons (Fsp3) is 0.300. The molecule has 2 N–H and O–H groups in total. The van der Waals surface area contributed by atoms with Gasteiger partial charge in [-0.1, -0.05) is 6.07 Å². The molecule has 0 aliphatic carbocycles. The van der Waals surface area contributed by atoms with E-state index in [4.69, 9.17) is 15.2 Å². The lowest BCUT2D eigenvalue weighted by atomic mass is 10.0. The average molecular weight is 193 g/mol. The Labute approximate surface area is 81.6 Å². The number of fused-ring (bicyclic) bond motifs is 1. The third-order valence-electron chi connectivity index (χ3n) is 2.27. The first kappa shape index (κ1) is 8.87. The summed E-state index contributed by atoms with van der Waals surface area (Å²) < 4.78 is 10.1. The number of methoxy groups -OCH3 is 1. The molecule has 0 saturated carbocycles. The molecule has 0 fully saturated rings. The zero-order valence-corrected chi connectivity index (χ0v) is 7.87. The van der Waals surface area contributed by atoms with Gasteiger partial charge in [-0.05, 0) is 18.1 Å². The summed E-state index contributed by atoms with van der Waals surface area (Å²) in [6, 6.07) is 3.66. The molecule has 0 unspecified atom stereocenters. The predicted octanol–water partition coefficient (Wildman–Crippen LogP) is 1.13. The number of esters is 1. The quantitative estimate of drug-likeness (QED) is 0.412. The smallest absolute Gasteiger partial charge is 0.311 e. The number of benzene rings is 1. The van der Waals surface area contributed by atoms with Crippen LogP contribution in [0.1, 0.15) is 12.0 Å². The van der Waals surface area contributed by atoms with Crippen molar-refractivity contribution < 1.29 is 14.3 Å². The lowest BCUT2D eigenvalue weighted by molar-refractivity contribution is -0.135. The van der Waals surface area contributed by atoms with Crippen molar-refractivity contribution in [3.8, 4) is 11.5 Å². The van der Waals surface area contributed by atoms with Crippen LogP contribution in [0.15, 0.2) is 12.1 Å². The Bertz CT molecular complexity index is 387. The predicted molar refractivity (Wildman–Crippen MR) is 51.4 cm³/mol. The topological polar surface area (TPSA) is 61.6 Å². The van der Waals surface area contributed by atoms with E-state index < -0.39 is 0 Å². The number of carbonyl (C=O) groups excluding carboxylic acids is 1. The normalized spacial score (nSPS) is 14.5. The number of nitrogens with two attached hydrogens (primary N) is 1. The van der Waals surface area contributed by atoms with Crippen molar-refractivity contribution in [2.45, 2.75) is 12.8 Å². The van der Waals surface area contributed by atoms with E-state index in [1.54, 1.807) is 6.07 Å². The molecule has 1 aliphatic rings. The van der Waals surface area contributed by atoms with Crippen molar-refractivity contribution >= 4 is 11.7 Å². The fourth-order valence-corrected chi connectivity index (χ4v) is 1.52. The van der Waals surface area contributed by atoms with Crippen LogP contribution in [-0.2, 0) is 11.2 Å². The van der Waals surface area contributed by atoms with Gasteiger partial charge >= 0.3 is 5.97 Å². The molecular weight excluding hydrogens is 182 g/mol. The summed E-state index contributed by atoms with van der Waals surface area (Å²) in [7, 11) is 1.53. The minimum Gasteiger partial charge on any atom is -0.494 e. The van der Waals surface area contributed by atoms with E-state index in [0.717, 1.165) is 5.56 Å². The largest absolute Gasteiger partial charge is 0.494 e. The van der Waals surface area contributed by atoms with Crippen LogP contribution in [0.25, 0.3) is 0 Å². The molecule has 0 bridgehead atoms. The van der Waals surface area contributed by atoms with Gasteiger partial charge in [-0.25, -0.2) is 0 Å². The molecule has 0 amide bonds. The fourth-order valence-electron chi connectivity index (χ4n) is 1.52. The van der Waals surface area contributed by atoms with Crippen molar-refractivity contribution in [2.75, 3.05) is 12.8 Å². The third kappa shape index (κ3) is 1.28. The van der Waals surface area contributed by atoms with Crippen LogP contribution in [0.2, 0.25) is 0 Å². The molecule has 14 heavy (non-hydrogen) atoms. The molecule has 2 rings (SSSR count). The first-order valence-electron chi connectivity index (χ1n) is 4.38. The minimum absolute atomic E-state index is 0.238. The highest BCUT2D eigenvalue weighted by molar-refractivity contribution is 5.80. The van der Waals surface area contributed by atoms with Crippen LogP contribution < -0.4 is 15.2 Å². The molecule has 0 radical (unpaired) electrons. The molecule has 0 spiro atoms. The lowest BCUT2D eigenvalue weighted by Crippen LogP contribution is -2.17. The van der Waals surface area contributed by atoms with Gasteiger partial charge in [0, 0.05) is 0 Å². The van der Waals surface area contributed by atoms with Gasteiger partial charge in [-0.2, -0.15) is 0 Å². The van der Waals surface area contributed by atoms with E-state index in [-0.39, 0.29) is 5.97 Å². The van der Waals surface area contributed by atoms with E-state index >= 15 is 0 Å². The highest BCUT2D eigenvalue weighted by Gasteiger charge is 2.21. The third-order valence-corrected chi connectivity index (χ3v) is 2.27. The highest BCUT2D eigenvalue weighted by atomic mass is 16.5. The highest BCUT2D eigenvalue weighted by Crippen LogP contribution is 2.37. The summed E-state index contributed by atoms with van der Waals surface area (Å²) in [6.07, 6.45) is 1.10. The summed E-state index contributed by atoms with van der Waals surface area (Å²) in [6.45, 7) is 0. The van der Waals surface area contributed by atoms with Crippen LogP contribution in [-0.4, -0.2) is 13.1 Å². The Morgan fingerprint density at radius 3 is 2.93 bits per heavy atom. The number of carbonyl (C=O) groups is 1. The van der Waals surface area contributed by atoms with Crippen LogP contribution in [0.3, 0.4) is 0 Å². The van der Waals surface area contributed by atoms with E-state index in [1.165, 1.54) is 7.11 Å². The van der Waals surface area contributed by atoms with Gasteiger partial charge < -0.3 is 15.2 Å².